The molecule has 0 radical (unpaired) electrons. The lowest BCUT2D eigenvalue weighted by Crippen LogP contribution is -2.11. The van der Waals surface area contributed by atoms with Gasteiger partial charge in [0.15, 0.2) is 0 Å². The average molecular weight is 321 g/mol. The first-order valence-electron chi connectivity index (χ1n) is 7.76. The maximum Gasteiger partial charge on any atom is 0.340 e. The van der Waals surface area contributed by atoms with E-state index >= 15 is 0 Å². The number of carbonyl (C=O) groups excluding carboxylic acids is 1. The number of aromatic nitrogens is 1. The lowest BCUT2D eigenvalue weighted by atomic mass is 10.0. The van der Waals surface area contributed by atoms with Crippen molar-refractivity contribution in [1.29, 1.82) is 0 Å². The molecule has 0 aliphatic rings. The van der Waals surface area contributed by atoms with Crippen molar-refractivity contribution in [2.75, 3.05) is 7.11 Å². The summed E-state index contributed by atoms with van der Waals surface area (Å²) in [4.78, 5) is 17.1. The molecule has 0 aliphatic carbocycles. The number of para-hydroxylation sites is 1. The number of hydrogen-bond acceptors (Lipinski definition) is 4. The fraction of sp³-hybridized carbons (Fsp3) is 0.200. The van der Waals surface area contributed by atoms with Gasteiger partial charge in [0.25, 0.3) is 0 Å². The number of rotatable bonds is 4. The van der Waals surface area contributed by atoms with E-state index in [1.54, 1.807) is 7.11 Å². The van der Waals surface area contributed by atoms with Gasteiger partial charge in [-0.25, -0.2) is 4.79 Å². The molecule has 0 aliphatic heterocycles. The van der Waals surface area contributed by atoms with Crippen LogP contribution in [0.2, 0.25) is 0 Å². The monoisotopic (exact) mass is 321 g/mol. The quantitative estimate of drug-likeness (QED) is 0.675. The third-order valence-corrected chi connectivity index (χ3v) is 4.04. The third kappa shape index (κ3) is 3.08. The first-order valence-corrected chi connectivity index (χ1v) is 7.76. The Bertz CT molecular complexity index is 903. The minimum atomic E-state index is -0.355. The second kappa shape index (κ2) is 6.71. The second-order valence-corrected chi connectivity index (χ2v) is 5.64. The highest BCUT2D eigenvalue weighted by atomic mass is 16.5. The van der Waals surface area contributed by atoms with E-state index in [1.807, 2.05) is 62.4 Å². The lowest BCUT2D eigenvalue weighted by molar-refractivity contribution is 0.0470. The second-order valence-electron chi connectivity index (χ2n) is 5.64. The number of hydrogen-bond donors (Lipinski definition) is 0. The molecule has 0 saturated carbocycles. The van der Waals surface area contributed by atoms with Crippen molar-refractivity contribution >= 4 is 16.9 Å². The van der Waals surface area contributed by atoms with E-state index in [0.717, 1.165) is 27.8 Å². The minimum absolute atomic E-state index is 0.196. The summed E-state index contributed by atoms with van der Waals surface area (Å²) >= 11 is 0. The van der Waals surface area contributed by atoms with Crippen LogP contribution in [0.3, 0.4) is 0 Å². The van der Waals surface area contributed by atoms with Gasteiger partial charge in [-0.15, -0.1) is 0 Å². The number of ether oxygens (including phenoxy) is 2. The van der Waals surface area contributed by atoms with Crippen LogP contribution in [-0.4, -0.2) is 18.1 Å². The van der Waals surface area contributed by atoms with Gasteiger partial charge in [0.1, 0.15) is 12.4 Å². The molecular weight excluding hydrogens is 302 g/mol. The first kappa shape index (κ1) is 16.0. The van der Waals surface area contributed by atoms with E-state index in [1.165, 1.54) is 0 Å². The Labute approximate surface area is 141 Å². The van der Waals surface area contributed by atoms with Crippen molar-refractivity contribution in [3.8, 4) is 5.75 Å². The topological polar surface area (TPSA) is 48.4 Å². The fourth-order valence-corrected chi connectivity index (χ4v) is 2.81. The van der Waals surface area contributed by atoms with Crippen molar-refractivity contribution in [2.24, 2.45) is 0 Å². The van der Waals surface area contributed by atoms with Crippen molar-refractivity contribution in [3.63, 3.8) is 0 Å². The van der Waals surface area contributed by atoms with E-state index in [-0.39, 0.29) is 12.6 Å². The van der Waals surface area contributed by atoms with Crippen LogP contribution in [0.25, 0.3) is 10.9 Å². The standard InChI is InChI=1S/C20H19NO3/c1-13-17-9-4-5-10-18(17)21-14(2)19(13)20(22)24-12-15-7-6-8-16(11-15)23-3/h4-11H,12H2,1-3H3. The highest BCUT2D eigenvalue weighted by Crippen LogP contribution is 2.23. The van der Waals surface area contributed by atoms with Crippen LogP contribution in [0.1, 0.15) is 27.2 Å². The maximum absolute atomic E-state index is 12.6. The van der Waals surface area contributed by atoms with E-state index in [2.05, 4.69) is 4.98 Å². The minimum Gasteiger partial charge on any atom is -0.497 e. The van der Waals surface area contributed by atoms with Gasteiger partial charge < -0.3 is 9.47 Å². The van der Waals surface area contributed by atoms with Gasteiger partial charge in [-0.1, -0.05) is 30.3 Å². The smallest absolute Gasteiger partial charge is 0.340 e. The van der Waals surface area contributed by atoms with E-state index in [4.69, 9.17) is 9.47 Å². The number of esters is 1. The molecule has 3 rings (SSSR count). The summed E-state index contributed by atoms with van der Waals surface area (Å²) < 4.78 is 10.7. The molecule has 0 spiro atoms. The normalized spacial score (nSPS) is 10.6. The lowest BCUT2D eigenvalue weighted by Gasteiger charge is -2.12. The number of benzene rings is 2. The summed E-state index contributed by atoms with van der Waals surface area (Å²) in [6.07, 6.45) is 0. The molecule has 0 bridgehead atoms. The Morgan fingerprint density at radius 3 is 2.67 bits per heavy atom. The van der Waals surface area contributed by atoms with Gasteiger partial charge in [-0.05, 0) is 43.2 Å². The molecule has 2 aromatic carbocycles. The predicted octanol–water partition coefficient (Wildman–Crippen LogP) is 4.22. The maximum atomic E-state index is 12.6. The van der Waals surface area contributed by atoms with Crippen LogP contribution in [-0.2, 0) is 11.3 Å². The number of nitrogens with zero attached hydrogens (tertiary/aromatic N) is 1. The molecule has 0 atom stereocenters. The van der Waals surface area contributed by atoms with Crippen LogP contribution < -0.4 is 4.74 Å². The Hall–Kier alpha value is -2.88. The van der Waals surface area contributed by atoms with E-state index in [9.17, 15) is 4.79 Å². The molecule has 4 heteroatoms. The summed E-state index contributed by atoms with van der Waals surface area (Å²) in [7, 11) is 1.61. The van der Waals surface area contributed by atoms with Crippen LogP contribution in [0.15, 0.2) is 48.5 Å². The number of aryl methyl sites for hydroxylation is 2. The summed E-state index contributed by atoms with van der Waals surface area (Å²) in [5, 5.41) is 0.969. The van der Waals surface area contributed by atoms with Crippen molar-refractivity contribution in [2.45, 2.75) is 20.5 Å². The van der Waals surface area contributed by atoms with Crippen molar-refractivity contribution < 1.29 is 14.3 Å². The Morgan fingerprint density at radius 1 is 1.08 bits per heavy atom. The highest BCUT2D eigenvalue weighted by molar-refractivity contribution is 5.98. The number of carbonyl (C=O) groups is 1. The van der Waals surface area contributed by atoms with Gasteiger partial charge in [-0.3, -0.25) is 4.98 Å². The summed E-state index contributed by atoms with van der Waals surface area (Å²) in [6, 6.07) is 15.3. The molecule has 0 unspecified atom stereocenters. The zero-order chi connectivity index (χ0) is 17.1. The van der Waals surface area contributed by atoms with E-state index < -0.39 is 0 Å². The molecule has 0 amide bonds. The first-order chi connectivity index (χ1) is 11.6. The van der Waals surface area contributed by atoms with Gasteiger partial charge in [0, 0.05) is 5.39 Å². The molecule has 0 saturated heterocycles. The van der Waals surface area contributed by atoms with E-state index in [0.29, 0.717) is 11.3 Å². The molecule has 24 heavy (non-hydrogen) atoms. The molecule has 3 aromatic rings. The Kier molecular flexibility index (Phi) is 4.47. The molecule has 122 valence electrons. The average Bonchev–Trinajstić information content (AvgIpc) is 2.60. The predicted molar refractivity (Wildman–Crippen MR) is 93.3 cm³/mol. The zero-order valence-corrected chi connectivity index (χ0v) is 14.0. The van der Waals surface area contributed by atoms with Gasteiger partial charge in [-0.2, -0.15) is 0 Å². The summed E-state index contributed by atoms with van der Waals surface area (Å²) in [6.45, 7) is 3.96. The molecule has 4 nitrogen and oxygen atoms in total. The number of fused-ring (bicyclic) bond motifs is 1. The number of methoxy groups -OCH3 is 1. The molecule has 1 aromatic heterocycles. The highest BCUT2D eigenvalue weighted by Gasteiger charge is 2.17. The summed E-state index contributed by atoms with van der Waals surface area (Å²) in [5.41, 5.74) is 3.88. The summed E-state index contributed by atoms with van der Waals surface area (Å²) in [5.74, 6) is 0.384. The van der Waals surface area contributed by atoms with Gasteiger partial charge >= 0.3 is 5.97 Å². The zero-order valence-electron chi connectivity index (χ0n) is 14.0. The Balaban J connectivity index is 1.86. The van der Waals surface area contributed by atoms with Gasteiger partial charge in [0.05, 0.1) is 23.9 Å². The van der Waals surface area contributed by atoms with Crippen molar-refractivity contribution in [3.05, 3.63) is 70.9 Å². The van der Waals surface area contributed by atoms with Gasteiger partial charge in [0.2, 0.25) is 0 Å². The molecule has 0 N–H and O–H groups in total. The SMILES string of the molecule is COc1cccc(COC(=O)c2c(C)nc3ccccc3c2C)c1. The third-order valence-electron chi connectivity index (χ3n) is 4.04. The van der Waals surface area contributed by atoms with Crippen LogP contribution in [0.4, 0.5) is 0 Å². The molecular formula is C20H19NO3. The fourth-order valence-electron chi connectivity index (χ4n) is 2.81. The van der Waals surface area contributed by atoms with Crippen LogP contribution in [0.5, 0.6) is 5.75 Å². The molecule has 1 heterocycles. The number of pyridine rings is 1. The van der Waals surface area contributed by atoms with Crippen molar-refractivity contribution in [1.82, 2.24) is 4.98 Å². The van der Waals surface area contributed by atoms with Crippen LogP contribution in [0, 0.1) is 13.8 Å². The largest absolute Gasteiger partial charge is 0.497 e. The van der Waals surface area contributed by atoms with Crippen LogP contribution >= 0.6 is 0 Å². The Morgan fingerprint density at radius 2 is 1.88 bits per heavy atom. The molecule has 0 fully saturated rings.